The lowest BCUT2D eigenvalue weighted by molar-refractivity contribution is -0.117. The van der Waals surface area contributed by atoms with Crippen molar-refractivity contribution in [1.29, 1.82) is 0 Å². The fraction of sp³-hybridized carbons (Fsp3) is 0.211. The lowest BCUT2D eigenvalue weighted by atomic mass is 10.1. The number of hydrogen-bond acceptors (Lipinski definition) is 4. The van der Waals surface area contributed by atoms with Crippen molar-refractivity contribution in [3.63, 3.8) is 0 Å². The molecule has 134 valence electrons. The summed E-state index contributed by atoms with van der Waals surface area (Å²) in [5, 5.41) is 4.46. The molecule has 0 atom stereocenters. The summed E-state index contributed by atoms with van der Waals surface area (Å²) in [4.78, 5) is 22.9. The second-order valence-electron chi connectivity index (χ2n) is 6.10. The molecule has 3 rings (SSSR count). The molecule has 0 aliphatic carbocycles. The van der Waals surface area contributed by atoms with Crippen molar-refractivity contribution >= 4 is 50.2 Å². The Morgan fingerprint density at radius 1 is 1.27 bits per heavy atom. The number of rotatable bonds is 5. The van der Waals surface area contributed by atoms with E-state index in [1.807, 2.05) is 49.2 Å². The molecule has 0 spiro atoms. The molecular formula is C19H18BrClN4O. The summed E-state index contributed by atoms with van der Waals surface area (Å²) in [6.45, 7) is 2.68. The summed E-state index contributed by atoms with van der Waals surface area (Å²) < 4.78 is 0.861. The van der Waals surface area contributed by atoms with Crippen LogP contribution in [0.15, 0.2) is 47.1 Å². The van der Waals surface area contributed by atoms with Crippen molar-refractivity contribution in [2.24, 2.45) is 0 Å². The van der Waals surface area contributed by atoms with Crippen LogP contribution < -0.4 is 5.32 Å². The summed E-state index contributed by atoms with van der Waals surface area (Å²) in [6, 6.07) is 11.5. The summed E-state index contributed by atoms with van der Waals surface area (Å²) in [5.41, 5.74) is 2.67. The fourth-order valence-corrected chi connectivity index (χ4v) is 3.15. The van der Waals surface area contributed by atoms with Crippen molar-refractivity contribution in [2.45, 2.75) is 13.5 Å². The number of hydrogen-bond donors (Lipinski definition) is 1. The van der Waals surface area contributed by atoms with Crippen LogP contribution in [0.1, 0.15) is 11.3 Å². The van der Waals surface area contributed by atoms with Crippen molar-refractivity contribution in [3.8, 4) is 0 Å². The molecule has 0 aliphatic heterocycles. The Morgan fingerprint density at radius 2 is 2.04 bits per heavy atom. The Morgan fingerprint density at radius 3 is 2.77 bits per heavy atom. The number of para-hydroxylation sites is 1. The van der Waals surface area contributed by atoms with Gasteiger partial charge in [0.2, 0.25) is 5.91 Å². The monoisotopic (exact) mass is 432 g/mol. The van der Waals surface area contributed by atoms with Gasteiger partial charge in [0.05, 0.1) is 22.8 Å². The number of aryl methyl sites for hydroxylation is 1. The first-order valence-electron chi connectivity index (χ1n) is 8.07. The van der Waals surface area contributed by atoms with Crippen LogP contribution in [0.25, 0.3) is 10.9 Å². The van der Waals surface area contributed by atoms with E-state index in [9.17, 15) is 4.79 Å². The van der Waals surface area contributed by atoms with Gasteiger partial charge in [0.25, 0.3) is 0 Å². The second-order valence-corrected chi connectivity index (χ2v) is 7.39. The number of carbonyl (C=O) groups is 1. The van der Waals surface area contributed by atoms with E-state index in [0.29, 0.717) is 17.4 Å². The standard InChI is InChI=1S/C19H18BrClN4O/c1-12-14-5-3-4-6-15(14)23-16(19(12)21)10-25(2)11-18(26)24-17-8-7-13(20)9-22-17/h3-9H,10-11H2,1-2H3,(H,22,24,26). The highest BCUT2D eigenvalue weighted by atomic mass is 79.9. The Kier molecular flexibility index (Phi) is 5.86. The van der Waals surface area contributed by atoms with E-state index in [0.717, 1.165) is 26.6 Å². The molecule has 2 aromatic heterocycles. The molecule has 7 heteroatoms. The maximum atomic E-state index is 12.2. The van der Waals surface area contributed by atoms with E-state index in [4.69, 9.17) is 11.6 Å². The lowest BCUT2D eigenvalue weighted by Gasteiger charge is -2.18. The number of amides is 1. The van der Waals surface area contributed by atoms with Crippen molar-refractivity contribution in [3.05, 3.63) is 63.3 Å². The summed E-state index contributed by atoms with van der Waals surface area (Å²) >= 11 is 9.81. The van der Waals surface area contributed by atoms with Gasteiger partial charge < -0.3 is 5.32 Å². The minimum atomic E-state index is -0.143. The minimum absolute atomic E-state index is 0.143. The largest absolute Gasteiger partial charge is 0.310 e. The molecule has 3 aromatic rings. The average Bonchev–Trinajstić information content (AvgIpc) is 2.61. The first-order chi connectivity index (χ1) is 12.4. The number of carbonyl (C=O) groups excluding carboxylic acids is 1. The molecule has 26 heavy (non-hydrogen) atoms. The number of halogens is 2. The van der Waals surface area contributed by atoms with Gasteiger partial charge in [-0.3, -0.25) is 9.69 Å². The van der Waals surface area contributed by atoms with Crippen LogP contribution in [0, 0.1) is 6.92 Å². The van der Waals surface area contributed by atoms with Crippen LogP contribution in [-0.2, 0) is 11.3 Å². The molecule has 0 unspecified atom stereocenters. The van der Waals surface area contributed by atoms with Gasteiger partial charge in [0.1, 0.15) is 5.82 Å². The summed E-state index contributed by atoms with van der Waals surface area (Å²) in [7, 11) is 1.86. The summed E-state index contributed by atoms with van der Waals surface area (Å²) in [6.07, 6.45) is 1.64. The van der Waals surface area contributed by atoms with Crippen LogP contribution in [0.4, 0.5) is 5.82 Å². The van der Waals surface area contributed by atoms with Gasteiger partial charge >= 0.3 is 0 Å². The predicted octanol–water partition coefficient (Wildman–Crippen LogP) is 4.42. The normalized spacial score (nSPS) is 11.1. The number of pyridine rings is 2. The van der Waals surface area contributed by atoms with Crippen LogP contribution >= 0.6 is 27.5 Å². The zero-order chi connectivity index (χ0) is 18.7. The van der Waals surface area contributed by atoms with Crippen molar-refractivity contribution in [1.82, 2.24) is 14.9 Å². The second kappa shape index (κ2) is 8.12. The van der Waals surface area contributed by atoms with Crippen LogP contribution in [0.2, 0.25) is 5.02 Å². The topological polar surface area (TPSA) is 58.1 Å². The molecule has 2 heterocycles. The quantitative estimate of drug-likeness (QED) is 0.647. The van der Waals surface area contributed by atoms with Gasteiger partial charge in [0.15, 0.2) is 0 Å². The Balaban J connectivity index is 1.68. The summed E-state index contributed by atoms with van der Waals surface area (Å²) in [5.74, 6) is 0.375. The fourth-order valence-electron chi connectivity index (χ4n) is 2.71. The zero-order valence-electron chi connectivity index (χ0n) is 14.5. The number of nitrogens with zero attached hydrogens (tertiary/aromatic N) is 3. The number of anilines is 1. The number of aromatic nitrogens is 2. The molecular weight excluding hydrogens is 416 g/mol. The number of nitrogens with one attached hydrogen (secondary N) is 1. The van der Waals surface area contributed by atoms with Gasteiger partial charge in [-0.2, -0.15) is 0 Å². The van der Waals surface area contributed by atoms with Crippen molar-refractivity contribution in [2.75, 3.05) is 18.9 Å². The van der Waals surface area contributed by atoms with Gasteiger partial charge in [0, 0.05) is 22.6 Å². The maximum absolute atomic E-state index is 12.2. The molecule has 0 saturated carbocycles. The molecule has 0 fully saturated rings. The third kappa shape index (κ3) is 4.38. The van der Waals surface area contributed by atoms with E-state index in [2.05, 4.69) is 31.2 Å². The molecule has 1 amide bonds. The molecule has 0 bridgehead atoms. The lowest BCUT2D eigenvalue weighted by Crippen LogP contribution is -2.30. The third-order valence-corrected chi connectivity index (χ3v) is 4.94. The molecule has 1 N–H and O–H groups in total. The number of likely N-dealkylation sites (N-methyl/N-ethyl adjacent to an activating group) is 1. The van der Waals surface area contributed by atoms with Gasteiger partial charge in [-0.05, 0) is 53.7 Å². The Bertz CT molecular complexity index is 946. The SMILES string of the molecule is Cc1c(Cl)c(CN(C)CC(=O)Nc2ccc(Br)cn2)nc2ccccc12. The zero-order valence-corrected chi connectivity index (χ0v) is 16.8. The van der Waals surface area contributed by atoms with Crippen LogP contribution in [-0.4, -0.2) is 34.4 Å². The smallest absolute Gasteiger partial charge is 0.239 e. The molecule has 5 nitrogen and oxygen atoms in total. The molecule has 0 aliphatic rings. The van der Waals surface area contributed by atoms with Crippen LogP contribution in [0.5, 0.6) is 0 Å². The van der Waals surface area contributed by atoms with E-state index in [1.54, 1.807) is 12.3 Å². The first-order valence-corrected chi connectivity index (χ1v) is 9.25. The average molecular weight is 434 g/mol. The van der Waals surface area contributed by atoms with E-state index in [-0.39, 0.29) is 12.5 Å². The highest BCUT2D eigenvalue weighted by molar-refractivity contribution is 9.10. The first kappa shape index (κ1) is 18.8. The number of fused-ring (bicyclic) bond motifs is 1. The highest BCUT2D eigenvalue weighted by Crippen LogP contribution is 2.27. The minimum Gasteiger partial charge on any atom is -0.310 e. The van der Waals surface area contributed by atoms with E-state index < -0.39 is 0 Å². The Hall–Kier alpha value is -2.02. The number of benzene rings is 1. The van der Waals surface area contributed by atoms with Gasteiger partial charge in [-0.1, -0.05) is 29.8 Å². The predicted molar refractivity (Wildman–Crippen MR) is 108 cm³/mol. The molecule has 1 aromatic carbocycles. The van der Waals surface area contributed by atoms with Crippen LogP contribution in [0.3, 0.4) is 0 Å². The van der Waals surface area contributed by atoms with Gasteiger partial charge in [-0.25, -0.2) is 9.97 Å². The third-order valence-electron chi connectivity index (χ3n) is 3.97. The molecule has 0 radical (unpaired) electrons. The highest BCUT2D eigenvalue weighted by Gasteiger charge is 2.14. The maximum Gasteiger partial charge on any atom is 0.239 e. The van der Waals surface area contributed by atoms with E-state index in [1.165, 1.54) is 0 Å². The van der Waals surface area contributed by atoms with Crippen molar-refractivity contribution < 1.29 is 4.79 Å². The van der Waals surface area contributed by atoms with Gasteiger partial charge in [-0.15, -0.1) is 0 Å². The molecule has 0 saturated heterocycles. The van der Waals surface area contributed by atoms with E-state index >= 15 is 0 Å². The Labute approximate surface area is 165 Å².